The number of carbonyl (C=O) groups is 2. The number of H-pyrrole nitrogens is 1. The molecule has 10 heteroatoms. The average molecular weight is 524 g/mol. The molecular weight excluding hydrogens is 490 g/mol. The molecule has 2 aromatic rings. The number of allylic oxidation sites excluding steroid dienone is 1. The average Bonchev–Trinajstić information content (AvgIpc) is 3.68. The van der Waals surface area contributed by atoms with Crippen molar-refractivity contribution in [3.8, 4) is 0 Å². The third kappa shape index (κ3) is 4.02. The van der Waals surface area contributed by atoms with Crippen LogP contribution < -0.4 is 10.0 Å². The molecule has 0 saturated carbocycles. The maximum Gasteiger partial charge on any atom is 0.256 e. The molecule has 37 heavy (non-hydrogen) atoms. The van der Waals surface area contributed by atoms with Gasteiger partial charge in [0.05, 0.1) is 16.0 Å². The highest BCUT2D eigenvalue weighted by Gasteiger charge is 2.38. The van der Waals surface area contributed by atoms with Crippen LogP contribution in [0.2, 0.25) is 0 Å². The van der Waals surface area contributed by atoms with Crippen LogP contribution in [0.1, 0.15) is 65.0 Å². The number of likely N-dealkylation sites (tertiary alicyclic amines) is 2. The number of hydrogen-bond acceptors (Lipinski definition) is 5. The number of sulfonamides is 1. The van der Waals surface area contributed by atoms with Crippen LogP contribution >= 0.6 is 0 Å². The van der Waals surface area contributed by atoms with Crippen molar-refractivity contribution in [3.63, 3.8) is 0 Å². The van der Waals surface area contributed by atoms with Gasteiger partial charge in [0.1, 0.15) is 0 Å². The number of benzene rings is 1. The highest BCUT2D eigenvalue weighted by Crippen LogP contribution is 2.45. The first-order chi connectivity index (χ1) is 17.8. The third-order valence-corrected chi connectivity index (χ3v) is 9.77. The van der Waals surface area contributed by atoms with Gasteiger partial charge in [0.25, 0.3) is 11.8 Å². The Labute approximate surface area is 217 Å². The van der Waals surface area contributed by atoms with Crippen molar-refractivity contribution in [2.24, 2.45) is 0 Å². The zero-order chi connectivity index (χ0) is 25.9. The fraction of sp³-hybridized carbons (Fsp3) is 0.481. The minimum absolute atomic E-state index is 0.0848. The number of rotatable bonds is 5. The minimum atomic E-state index is -3.66. The molecule has 2 fully saturated rings. The van der Waals surface area contributed by atoms with Gasteiger partial charge in [-0.2, -0.15) is 0 Å². The van der Waals surface area contributed by atoms with Gasteiger partial charge in [-0.3, -0.25) is 9.59 Å². The van der Waals surface area contributed by atoms with E-state index in [2.05, 4.69) is 24.8 Å². The number of nitrogens with one attached hydrogen (secondary N) is 3. The van der Waals surface area contributed by atoms with E-state index >= 15 is 0 Å². The number of anilines is 1. The van der Waals surface area contributed by atoms with E-state index in [9.17, 15) is 18.0 Å². The Morgan fingerprint density at radius 1 is 1.14 bits per heavy atom. The van der Waals surface area contributed by atoms with E-state index < -0.39 is 10.0 Å². The summed E-state index contributed by atoms with van der Waals surface area (Å²) >= 11 is 0. The smallest absolute Gasteiger partial charge is 0.256 e. The van der Waals surface area contributed by atoms with Gasteiger partial charge in [0.2, 0.25) is 10.0 Å². The standard InChI is InChI=1S/C27H33N5O4S/c1-16-23(27(34)32-13-5-6-17(32)15-31-11-3-4-12-31)19-8-9-20(25(19)29-16)24-21-14-18(37(35,36)28-2)7-10-22(21)30-26(24)33/h7,10,14,17,28-29H,3-6,8-9,11-13,15H2,1-2H3,(H,30,33)/t17-/m1/s1. The molecule has 1 aromatic heterocycles. The molecule has 196 valence electrons. The van der Waals surface area contributed by atoms with Crippen LogP contribution in [0.3, 0.4) is 0 Å². The lowest BCUT2D eigenvalue weighted by Crippen LogP contribution is -2.42. The molecule has 4 heterocycles. The topological polar surface area (TPSA) is 115 Å². The maximum atomic E-state index is 13.9. The number of hydrogen-bond donors (Lipinski definition) is 3. The summed E-state index contributed by atoms with van der Waals surface area (Å²) in [5, 5.41) is 2.88. The van der Waals surface area contributed by atoms with Gasteiger partial charge in [-0.1, -0.05) is 0 Å². The molecular formula is C27H33N5O4S. The normalized spacial score (nSPS) is 23.6. The molecule has 3 aliphatic heterocycles. The number of nitrogens with zero attached hydrogens (tertiary/aromatic N) is 2. The van der Waals surface area contributed by atoms with Gasteiger partial charge in [-0.05, 0) is 94.9 Å². The van der Waals surface area contributed by atoms with Gasteiger partial charge in [-0.15, -0.1) is 0 Å². The van der Waals surface area contributed by atoms with Gasteiger partial charge < -0.3 is 20.1 Å². The van der Waals surface area contributed by atoms with E-state index in [4.69, 9.17) is 0 Å². The molecule has 0 spiro atoms. The quantitative estimate of drug-likeness (QED) is 0.522. The van der Waals surface area contributed by atoms with Crippen LogP contribution in [-0.2, 0) is 21.2 Å². The molecule has 3 N–H and O–H groups in total. The fourth-order valence-electron chi connectivity index (χ4n) is 6.53. The number of aryl methyl sites for hydroxylation is 1. The van der Waals surface area contributed by atoms with Crippen molar-refractivity contribution in [2.75, 3.05) is 38.5 Å². The summed E-state index contributed by atoms with van der Waals surface area (Å²) in [6.07, 6.45) is 5.83. The summed E-state index contributed by atoms with van der Waals surface area (Å²) in [5.74, 6) is -0.163. The summed E-state index contributed by atoms with van der Waals surface area (Å²) in [4.78, 5) is 35.0. The molecule has 1 atom stereocenters. The summed E-state index contributed by atoms with van der Waals surface area (Å²) in [7, 11) is -2.29. The van der Waals surface area contributed by atoms with Gasteiger partial charge >= 0.3 is 0 Å². The summed E-state index contributed by atoms with van der Waals surface area (Å²) in [6, 6.07) is 4.91. The van der Waals surface area contributed by atoms with E-state index in [-0.39, 0.29) is 22.8 Å². The molecule has 2 amide bonds. The molecule has 1 aliphatic carbocycles. The molecule has 4 aliphatic rings. The van der Waals surface area contributed by atoms with Gasteiger partial charge in [0, 0.05) is 41.8 Å². The lowest BCUT2D eigenvalue weighted by Gasteiger charge is -2.29. The number of aromatic amines is 1. The van der Waals surface area contributed by atoms with E-state index in [1.54, 1.807) is 12.1 Å². The van der Waals surface area contributed by atoms with Gasteiger partial charge in [0.15, 0.2) is 0 Å². The second kappa shape index (κ2) is 9.11. The lowest BCUT2D eigenvalue weighted by atomic mass is 9.99. The molecule has 2 saturated heterocycles. The second-order valence-electron chi connectivity index (χ2n) is 10.5. The van der Waals surface area contributed by atoms with Crippen LogP contribution in [0.15, 0.2) is 23.1 Å². The first-order valence-electron chi connectivity index (χ1n) is 13.2. The number of fused-ring (bicyclic) bond motifs is 2. The van der Waals surface area contributed by atoms with Gasteiger partial charge in [-0.25, -0.2) is 13.1 Å². The Kier molecular flexibility index (Phi) is 6.00. The molecule has 0 radical (unpaired) electrons. The van der Waals surface area contributed by atoms with Crippen LogP contribution in [0, 0.1) is 6.92 Å². The van der Waals surface area contributed by atoms with Crippen molar-refractivity contribution in [1.82, 2.24) is 19.5 Å². The number of amides is 2. The van der Waals surface area contributed by atoms with Crippen LogP contribution in [-0.4, -0.2) is 74.3 Å². The van der Waals surface area contributed by atoms with E-state index in [1.165, 1.54) is 26.0 Å². The zero-order valence-electron chi connectivity index (χ0n) is 21.3. The predicted octanol–water partition coefficient (Wildman–Crippen LogP) is 2.74. The third-order valence-electron chi connectivity index (χ3n) is 8.35. The molecule has 0 unspecified atom stereocenters. The largest absolute Gasteiger partial charge is 0.358 e. The summed E-state index contributed by atoms with van der Waals surface area (Å²) in [5.41, 5.74) is 5.85. The Balaban J connectivity index is 1.36. The van der Waals surface area contributed by atoms with Crippen molar-refractivity contribution in [2.45, 2.75) is 56.4 Å². The van der Waals surface area contributed by atoms with Crippen LogP contribution in [0.5, 0.6) is 0 Å². The van der Waals surface area contributed by atoms with Crippen molar-refractivity contribution >= 4 is 38.7 Å². The Morgan fingerprint density at radius 3 is 2.68 bits per heavy atom. The zero-order valence-corrected chi connectivity index (χ0v) is 22.1. The van der Waals surface area contributed by atoms with E-state index in [1.807, 2.05) is 6.92 Å². The maximum absolute atomic E-state index is 13.9. The minimum Gasteiger partial charge on any atom is -0.358 e. The predicted molar refractivity (Wildman–Crippen MR) is 142 cm³/mol. The summed E-state index contributed by atoms with van der Waals surface area (Å²) < 4.78 is 27.2. The Hall–Kier alpha value is -2.95. The Bertz CT molecular complexity index is 1430. The number of aromatic nitrogens is 1. The highest BCUT2D eigenvalue weighted by molar-refractivity contribution is 7.89. The molecule has 9 nitrogen and oxygen atoms in total. The van der Waals surface area contributed by atoms with E-state index in [0.29, 0.717) is 29.7 Å². The summed E-state index contributed by atoms with van der Waals surface area (Å²) in [6.45, 7) is 5.90. The van der Waals surface area contributed by atoms with E-state index in [0.717, 1.165) is 67.1 Å². The van der Waals surface area contributed by atoms with Crippen LogP contribution in [0.4, 0.5) is 5.69 Å². The highest BCUT2D eigenvalue weighted by atomic mass is 32.2. The van der Waals surface area contributed by atoms with Crippen molar-refractivity contribution in [3.05, 3.63) is 46.3 Å². The number of carbonyl (C=O) groups excluding carboxylic acids is 2. The first-order valence-corrected chi connectivity index (χ1v) is 14.6. The monoisotopic (exact) mass is 523 g/mol. The molecule has 1 aromatic carbocycles. The lowest BCUT2D eigenvalue weighted by molar-refractivity contribution is -0.110. The first kappa shape index (κ1) is 24.4. The fourth-order valence-corrected chi connectivity index (χ4v) is 7.29. The molecule has 0 bridgehead atoms. The van der Waals surface area contributed by atoms with Crippen molar-refractivity contribution in [1.29, 1.82) is 0 Å². The van der Waals surface area contributed by atoms with Crippen molar-refractivity contribution < 1.29 is 18.0 Å². The second-order valence-corrected chi connectivity index (χ2v) is 12.4. The SMILES string of the molecule is CNS(=O)(=O)c1ccc2c(c1)C(=C1CCc3c1[nH]c(C)c3C(=O)N1CCC[C@@H]1CN1CCCC1)C(=O)N2. The van der Waals surface area contributed by atoms with Crippen LogP contribution in [0.25, 0.3) is 11.1 Å². The molecule has 6 rings (SSSR count). The Morgan fingerprint density at radius 2 is 1.92 bits per heavy atom.